The van der Waals surface area contributed by atoms with Crippen LogP contribution in [0.25, 0.3) is 11.1 Å². The summed E-state index contributed by atoms with van der Waals surface area (Å²) in [5, 5.41) is 3.03. The smallest absolute Gasteiger partial charge is 0.226 e. The molecule has 1 amide bonds. The molecule has 1 aliphatic rings. The number of carbonyl (C=O) groups is 1. The topological polar surface area (TPSA) is 54.5 Å². The lowest BCUT2D eigenvalue weighted by molar-refractivity contribution is -0.120. The molecule has 1 fully saturated rings. The molecule has 1 aliphatic heterocycles. The Morgan fingerprint density at radius 2 is 1.82 bits per heavy atom. The van der Waals surface area contributed by atoms with Crippen LogP contribution in [0.15, 0.2) is 60.7 Å². The Kier molecular flexibility index (Phi) is 7.61. The number of anilines is 1. The predicted octanol–water partition coefficient (Wildman–Crippen LogP) is 5.30. The minimum atomic E-state index is -0.0117. The van der Waals surface area contributed by atoms with Crippen molar-refractivity contribution in [2.45, 2.75) is 46.1 Å². The number of rotatable bonds is 8. The van der Waals surface area contributed by atoms with Crippen molar-refractivity contribution in [1.29, 1.82) is 0 Å². The molecule has 0 spiro atoms. The molecule has 172 valence electrons. The average Bonchev–Trinajstić information content (AvgIpc) is 2.84. The Morgan fingerprint density at radius 1 is 1.03 bits per heavy atom. The van der Waals surface area contributed by atoms with Gasteiger partial charge in [-0.2, -0.15) is 0 Å². The number of aryl methyl sites for hydroxylation is 1. The lowest BCUT2D eigenvalue weighted by Crippen LogP contribution is -2.31. The Bertz CT molecular complexity index is 1070. The first-order chi connectivity index (χ1) is 16.1. The van der Waals surface area contributed by atoms with Crippen LogP contribution in [0, 0.1) is 6.92 Å². The summed E-state index contributed by atoms with van der Waals surface area (Å²) >= 11 is 0. The minimum Gasteiger partial charge on any atom is -0.494 e. The predicted molar refractivity (Wildman–Crippen MR) is 134 cm³/mol. The summed E-state index contributed by atoms with van der Waals surface area (Å²) in [5.41, 5.74) is 5.31. The number of ether oxygens (including phenoxy) is 1. The lowest BCUT2D eigenvalue weighted by Gasteiger charge is -2.30. The molecule has 5 nitrogen and oxygen atoms in total. The summed E-state index contributed by atoms with van der Waals surface area (Å²) in [6, 6.07) is 20.5. The highest BCUT2D eigenvalue weighted by molar-refractivity contribution is 5.80. The number of piperidine rings is 1. The maximum Gasteiger partial charge on any atom is 0.226 e. The normalized spacial score (nSPS) is 13.6. The lowest BCUT2D eigenvalue weighted by atomic mass is 10.0. The molecule has 0 atom stereocenters. The molecule has 3 aromatic rings. The van der Waals surface area contributed by atoms with Crippen LogP contribution in [0.3, 0.4) is 0 Å². The van der Waals surface area contributed by atoms with E-state index < -0.39 is 0 Å². The van der Waals surface area contributed by atoms with E-state index in [0.717, 1.165) is 47.0 Å². The summed E-state index contributed by atoms with van der Waals surface area (Å²) < 4.78 is 5.60. The van der Waals surface area contributed by atoms with Crippen LogP contribution in [0.1, 0.15) is 43.0 Å². The quantitative estimate of drug-likeness (QED) is 0.513. The largest absolute Gasteiger partial charge is 0.494 e. The zero-order valence-corrected chi connectivity index (χ0v) is 19.6. The van der Waals surface area contributed by atoms with E-state index in [4.69, 9.17) is 9.72 Å². The van der Waals surface area contributed by atoms with Gasteiger partial charge in [0.1, 0.15) is 11.6 Å². The molecule has 0 aliphatic carbocycles. The third-order valence-corrected chi connectivity index (χ3v) is 5.98. The molecule has 0 bridgehead atoms. The van der Waals surface area contributed by atoms with Crippen LogP contribution in [0.5, 0.6) is 5.75 Å². The highest BCUT2D eigenvalue weighted by Gasteiger charge is 2.18. The van der Waals surface area contributed by atoms with E-state index in [9.17, 15) is 4.79 Å². The zero-order chi connectivity index (χ0) is 23.0. The Labute approximate surface area is 196 Å². The summed E-state index contributed by atoms with van der Waals surface area (Å²) in [5.74, 6) is 1.83. The monoisotopic (exact) mass is 443 g/mol. The Morgan fingerprint density at radius 3 is 2.55 bits per heavy atom. The molecule has 0 radical (unpaired) electrons. The number of hydrogen-bond acceptors (Lipinski definition) is 4. The highest BCUT2D eigenvalue weighted by Crippen LogP contribution is 2.32. The molecule has 33 heavy (non-hydrogen) atoms. The molecule has 2 heterocycles. The van der Waals surface area contributed by atoms with Gasteiger partial charge in [0.25, 0.3) is 0 Å². The van der Waals surface area contributed by atoms with Gasteiger partial charge in [-0.05, 0) is 68.5 Å². The van der Waals surface area contributed by atoms with Gasteiger partial charge in [-0.1, -0.05) is 42.0 Å². The number of nitrogens with one attached hydrogen (secondary N) is 1. The van der Waals surface area contributed by atoms with E-state index >= 15 is 0 Å². The van der Waals surface area contributed by atoms with Gasteiger partial charge >= 0.3 is 0 Å². The number of benzene rings is 2. The SMILES string of the molecule is CCOc1ccc(-c2ccc(CC(=O)NCc3cccc(C)c3)nc2N2CCCCC2)cc1. The molecule has 2 aromatic carbocycles. The maximum absolute atomic E-state index is 12.6. The van der Waals surface area contributed by atoms with Gasteiger partial charge in [-0.25, -0.2) is 4.98 Å². The first kappa shape index (κ1) is 22.8. The second-order valence-corrected chi connectivity index (χ2v) is 8.62. The first-order valence-electron chi connectivity index (χ1n) is 11.9. The first-order valence-corrected chi connectivity index (χ1v) is 11.9. The van der Waals surface area contributed by atoms with Crippen LogP contribution >= 0.6 is 0 Å². The van der Waals surface area contributed by atoms with E-state index in [2.05, 4.69) is 47.5 Å². The summed E-state index contributed by atoms with van der Waals surface area (Å²) in [7, 11) is 0. The Balaban J connectivity index is 1.52. The molecule has 0 unspecified atom stereocenters. The van der Waals surface area contributed by atoms with E-state index in [-0.39, 0.29) is 12.3 Å². The van der Waals surface area contributed by atoms with Gasteiger partial charge in [-0.3, -0.25) is 4.79 Å². The standard InChI is InChI=1S/C28H33N3O2/c1-3-33-25-13-10-23(11-14-25)26-15-12-24(30-28(26)31-16-5-4-6-17-31)19-27(32)29-20-22-9-7-8-21(2)18-22/h7-15,18H,3-6,16-17,19-20H2,1-2H3,(H,29,32). The van der Waals surface area contributed by atoms with E-state index in [1.807, 2.05) is 37.3 Å². The third kappa shape index (κ3) is 6.13. The van der Waals surface area contributed by atoms with Gasteiger partial charge in [0, 0.05) is 25.2 Å². The fourth-order valence-corrected chi connectivity index (χ4v) is 4.31. The van der Waals surface area contributed by atoms with Gasteiger partial charge in [0.05, 0.1) is 18.7 Å². The molecule has 1 saturated heterocycles. The third-order valence-electron chi connectivity index (χ3n) is 5.98. The number of aromatic nitrogens is 1. The average molecular weight is 444 g/mol. The van der Waals surface area contributed by atoms with Crippen molar-refractivity contribution >= 4 is 11.7 Å². The fraction of sp³-hybridized carbons (Fsp3) is 0.357. The summed E-state index contributed by atoms with van der Waals surface area (Å²) in [6.45, 7) is 7.23. The zero-order valence-electron chi connectivity index (χ0n) is 19.6. The molecular formula is C28H33N3O2. The van der Waals surface area contributed by atoms with Crippen LogP contribution in [0.2, 0.25) is 0 Å². The summed E-state index contributed by atoms with van der Waals surface area (Å²) in [4.78, 5) is 20.0. The Hall–Kier alpha value is -3.34. The van der Waals surface area contributed by atoms with E-state index in [0.29, 0.717) is 13.2 Å². The molecule has 5 heteroatoms. The highest BCUT2D eigenvalue weighted by atomic mass is 16.5. The van der Waals surface area contributed by atoms with Crippen molar-refractivity contribution in [3.8, 4) is 16.9 Å². The number of amides is 1. The van der Waals surface area contributed by atoms with Crippen LogP contribution in [-0.4, -0.2) is 30.6 Å². The second kappa shape index (κ2) is 11.0. The number of carbonyl (C=O) groups excluding carboxylic acids is 1. The molecule has 4 rings (SSSR count). The molecule has 1 aromatic heterocycles. The number of hydrogen-bond donors (Lipinski definition) is 1. The van der Waals surface area contributed by atoms with E-state index in [1.165, 1.54) is 24.8 Å². The number of pyridine rings is 1. The van der Waals surface area contributed by atoms with Crippen molar-refractivity contribution in [2.24, 2.45) is 0 Å². The molecule has 0 saturated carbocycles. The van der Waals surface area contributed by atoms with Gasteiger partial charge in [0.2, 0.25) is 5.91 Å². The van der Waals surface area contributed by atoms with Crippen LogP contribution < -0.4 is 15.0 Å². The maximum atomic E-state index is 12.6. The van der Waals surface area contributed by atoms with Crippen molar-refractivity contribution < 1.29 is 9.53 Å². The van der Waals surface area contributed by atoms with Gasteiger partial charge in [-0.15, -0.1) is 0 Å². The van der Waals surface area contributed by atoms with Crippen molar-refractivity contribution in [1.82, 2.24) is 10.3 Å². The molecular weight excluding hydrogens is 410 g/mol. The second-order valence-electron chi connectivity index (χ2n) is 8.62. The minimum absolute atomic E-state index is 0.0117. The van der Waals surface area contributed by atoms with Gasteiger partial charge in [0.15, 0.2) is 0 Å². The molecule has 1 N–H and O–H groups in total. The van der Waals surface area contributed by atoms with Crippen molar-refractivity contribution in [3.63, 3.8) is 0 Å². The van der Waals surface area contributed by atoms with Gasteiger partial charge < -0.3 is 15.0 Å². The fourth-order valence-electron chi connectivity index (χ4n) is 4.31. The van der Waals surface area contributed by atoms with Crippen molar-refractivity contribution in [2.75, 3.05) is 24.6 Å². The van der Waals surface area contributed by atoms with Crippen molar-refractivity contribution in [3.05, 3.63) is 77.5 Å². The summed E-state index contributed by atoms with van der Waals surface area (Å²) in [6.07, 6.45) is 3.88. The van der Waals surface area contributed by atoms with Crippen LogP contribution in [0.4, 0.5) is 5.82 Å². The number of nitrogens with zero attached hydrogens (tertiary/aromatic N) is 2. The van der Waals surface area contributed by atoms with Crippen LogP contribution in [-0.2, 0) is 17.8 Å². The van der Waals surface area contributed by atoms with E-state index in [1.54, 1.807) is 0 Å².